The van der Waals surface area contributed by atoms with Crippen molar-refractivity contribution in [3.63, 3.8) is 0 Å². The van der Waals surface area contributed by atoms with Crippen LogP contribution in [0.3, 0.4) is 0 Å². The third kappa shape index (κ3) is 15.5. The molecule has 16 heteroatoms. The summed E-state index contributed by atoms with van der Waals surface area (Å²) in [4.78, 5) is 0. The Bertz CT molecular complexity index is 1980. The first-order valence-electron chi connectivity index (χ1n) is 30.4. The normalized spacial score (nSPS) is 15.9. The van der Waals surface area contributed by atoms with Crippen LogP contribution in [-0.2, 0) is 8.57 Å². The average Bonchev–Trinajstić information content (AvgIpc) is 2.99. The molecule has 0 bridgehead atoms. The van der Waals surface area contributed by atoms with E-state index in [1.807, 2.05) is 33.4 Å². The molecule has 0 aliphatic heterocycles. The SMILES string of the molecule is C[Si](C)(C)C(c1cc(C([Si](C)(C)C)([Si](C)(C)C)[Si](C)(C)C)cc(C([Si](C)(C)C)[Si](C)(C)C)[c]1[Sb]=[Bi][c]1c(C([Si](C)(C)C)[Si](C)(C)C)cc(C([Si](C)(C)C)([Si](C)(C)C)[Si](C)(C)C)cc1C([Si](C)(C)C)[Si](C)(C)C)[Si](C)(C)C. The van der Waals surface area contributed by atoms with Crippen LogP contribution in [0.4, 0.5) is 0 Å². The van der Waals surface area contributed by atoms with Crippen LogP contribution >= 0.6 is 0 Å². The van der Waals surface area contributed by atoms with Crippen LogP contribution in [0.15, 0.2) is 24.3 Å². The van der Waals surface area contributed by atoms with Gasteiger partial charge in [-0.1, -0.05) is 0 Å². The first-order valence-corrected chi connectivity index (χ1v) is 94.6. The molecule has 440 valence electrons. The maximum atomic E-state index is 3.16. The number of hydrogen-bond acceptors (Lipinski definition) is 0. The molecule has 0 heterocycles. The second kappa shape index (κ2) is 23.4. The molecule has 0 saturated carbocycles. The fourth-order valence-electron chi connectivity index (χ4n) is 21.3. The standard InChI is InChI=1S/2C30H67Si7.Bi.Sb/c2*1-31(2,3)28(32(4,5)6)25-22-26(29(33(7,8)9)34(10,11)12)24-27(23-25)30(35(13,14)15,36(16,17)18)37(19,20)21;;/h2*23-24,28-29H,1-21H3;;. The van der Waals surface area contributed by atoms with E-state index < -0.39 is 148 Å². The summed E-state index contributed by atoms with van der Waals surface area (Å²) in [7, 11) is -24.5. The van der Waals surface area contributed by atoms with Gasteiger partial charge in [0.2, 0.25) is 0 Å². The minimum atomic E-state index is -1.79. The van der Waals surface area contributed by atoms with Crippen LogP contribution in [0.25, 0.3) is 0 Å². The minimum absolute atomic E-state index is 0.362. The summed E-state index contributed by atoms with van der Waals surface area (Å²) in [6, 6.07) is 12.6. The molecule has 0 N–H and O–H groups in total. The van der Waals surface area contributed by atoms with E-state index in [4.69, 9.17) is 0 Å². The molecular formula is C60H134BiSbSi14. The first kappa shape index (κ1) is 75.3. The van der Waals surface area contributed by atoms with Crippen molar-refractivity contribution in [2.45, 2.75) is 304 Å². The zero-order valence-corrected chi connectivity index (χ0v) is 79.5. The van der Waals surface area contributed by atoms with Crippen LogP contribution < -0.4 is 6.78 Å². The molecule has 0 radical (unpaired) electrons. The fourth-order valence-corrected chi connectivity index (χ4v) is 157. The summed E-state index contributed by atoms with van der Waals surface area (Å²) in [6.07, 6.45) is 0. The topological polar surface area (TPSA) is 0 Å². The van der Waals surface area contributed by atoms with E-state index in [-0.39, 0.29) is 0 Å². The maximum absolute atomic E-state index is 3.16. The monoisotopic (exact) mass is 1580 g/mol. The Kier molecular flexibility index (Phi) is 23.1. The molecule has 0 amide bonds. The van der Waals surface area contributed by atoms with Gasteiger partial charge < -0.3 is 0 Å². The van der Waals surface area contributed by atoms with E-state index in [9.17, 15) is 0 Å². The van der Waals surface area contributed by atoms with Gasteiger partial charge in [0, 0.05) is 0 Å². The van der Waals surface area contributed by atoms with Crippen LogP contribution in [0, 0.1) is 0 Å². The van der Waals surface area contributed by atoms with Crippen molar-refractivity contribution in [3.05, 3.63) is 57.6 Å². The Labute approximate surface area is 510 Å². The average molecular weight is 1580 g/mol. The zero-order valence-electron chi connectivity index (χ0n) is 59.5. The van der Waals surface area contributed by atoms with Gasteiger partial charge in [0.15, 0.2) is 0 Å². The van der Waals surface area contributed by atoms with E-state index in [1.54, 1.807) is 0 Å². The van der Waals surface area contributed by atoms with Gasteiger partial charge in [-0.2, -0.15) is 0 Å². The zero-order chi connectivity index (χ0) is 61.2. The molecule has 0 fully saturated rings. The quantitative estimate of drug-likeness (QED) is 0.103. The van der Waals surface area contributed by atoms with Gasteiger partial charge in [-0.15, -0.1) is 0 Å². The van der Waals surface area contributed by atoms with Gasteiger partial charge in [-0.25, -0.2) is 0 Å². The van der Waals surface area contributed by atoms with Crippen LogP contribution in [-0.4, -0.2) is 148 Å². The molecule has 0 aliphatic rings. The van der Waals surface area contributed by atoms with E-state index in [0.717, 1.165) is 20.7 Å². The second-order valence-corrected chi connectivity index (χ2v) is 134. The van der Waals surface area contributed by atoms with E-state index >= 15 is 0 Å². The Morgan fingerprint density at radius 3 is 0.579 bits per heavy atom. The summed E-state index contributed by atoms with van der Waals surface area (Å²) < 4.78 is 4.95. The third-order valence-corrected chi connectivity index (χ3v) is 116. The molecule has 0 spiro atoms. The molecule has 0 unspecified atom stereocenters. The molecule has 2 aromatic rings. The number of rotatable bonds is 22. The van der Waals surface area contributed by atoms with Gasteiger partial charge in [0.1, 0.15) is 0 Å². The number of benzene rings is 2. The Morgan fingerprint density at radius 1 is 0.263 bits per heavy atom. The van der Waals surface area contributed by atoms with Crippen molar-refractivity contribution in [2.24, 2.45) is 0 Å². The van der Waals surface area contributed by atoms with E-state index in [0.29, 0.717) is 8.57 Å². The second-order valence-electron chi connectivity index (χ2n) is 39.9. The Hall–Kier alpha value is 3.18. The summed E-state index contributed by atoms with van der Waals surface area (Å²) in [6.45, 7) is 119. The van der Waals surface area contributed by atoms with Crippen molar-refractivity contribution < 1.29 is 0 Å². The van der Waals surface area contributed by atoms with E-state index in [1.165, 1.54) is 0 Å². The van der Waals surface area contributed by atoms with Crippen molar-refractivity contribution in [3.8, 4) is 0 Å². The number of hydrogen-bond donors (Lipinski definition) is 0. The Morgan fingerprint density at radius 2 is 0.421 bits per heavy atom. The van der Waals surface area contributed by atoms with Crippen molar-refractivity contribution in [1.29, 1.82) is 0 Å². The summed E-state index contributed by atoms with van der Waals surface area (Å²) in [5, 5.41) is 3.05. The molecular weight excluding hydrogens is 1440 g/mol. The van der Waals surface area contributed by atoms with Crippen LogP contribution in [0.1, 0.15) is 54.0 Å². The van der Waals surface area contributed by atoms with Crippen molar-refractivity contribution >= 4 is 154 Å². The van der Waals surface area contributed by atoms with E-state index in [2.05, 4.69) is 306 Å². The third-order valence-electron chi connectivity index (χ3n) is 18.4. The van der Waals surface area contributed by atoms with Gasteiger partial charge in [-0.3, -0.25) is 0 Å². The molecule has 0 atom stereocenters. The van der Waals surface area contributed by atoms with Crippen molar-refractivity contribution in [2.75, 3.05) is 0 Å². The van der Waals surface area contributed by atoms with Gasteiger partial charge in [0.05, 0.1) is 0 Å². The molecule has 0 nitrogen and oxygen atoms in total. The fraction of sp³-hybridized carbons (Fsp3) is 0.800. The molecule has 0 aliphatic carbocycles. The summed E-state index contributed by atoms with van der Waals surface area (Å²) in [5.41, 5.74) is 11.8. The van der Waals surface area contributed by atoms with Gasteiger partial charge in [-0.05, 0) is 0 Å². The molecule has 76 heavy (non-hydrogen) atoms. The van der Waals surface area contributed by atoms with Gasteiger partial charge in [0.25, 0.3) is 0 Å². The van der Waals surface area contributed by atoms with Crippen LogP contribution in [0.2, 0.25) is 275 Å². The van der Waals surface area contributed by atoms with Gasteiger partial charge >= 0.3 is 516 Å². The summed E-state index contributed by atoms with van der Waals surface area (Å²) in [5.74, 6) is 0. The van der Waals surface area contributed by atoms with Crippen molar-refractivity contribution in [1.82, 2.24) is 0 Å². The summed E-state index contributed by atoms with van der Waals surface area (Å²) >= 11 is -2.14. The molecule has 0 saturated heterocycles. The Balaban J connectivity index is 4.21. The van der Waals surface area contributed by atoms with Crippen LogP contribution in [0.5, 0.6) is 0 Å². The first-order chi connectivity index (χ1) is 32.6. The predicted octanol–water partition coefficient (Wildman–Crippen LogP) is 20.1. The molecule has 2 rings (SSSR count). The molecule has 0 aromatic heterocycles. The molecule has 2 aromatic carbocycles. The predicted molar refractivity (Wildman–Crippen MR) is 405 cm³/mol.